The first kappa shape index (κ1) is 19.8. The zero-order chi connectivity index (χ0) is 19.3. The van der Waals surface area contributed by atoms with Gasteiger partial charge in [-0.05, 0) is 32.0 Å². The molecule has 0 radical (unpaired) electrons. The van der Waals surface area contributed by atoms with Crippen molar-refractivity contribution in [3.63, 3.8) is 0 Å². The summed E-state index contributed by atoms with van der Waals surface area (Å²) in [5.74, 6) is 0.195. The average Bonchev–Trinajstić information content (AvgIpc) is 2.63. The summed E-state index contributed by atoms with van der Waals surface area (Å²) < 4.78 is 5.21. The molecule has 1 aliphatic rings. The molecule has 2 atom stereocenters. The Morgan fingerprint density at radius 1 is 1.31 bits per heavy atom. The number of ether oxygens (including phenoxy) is 1. The Bertz CT molecular complexity index is 677. The van der Waals surface area contributed by atoms with Gasteiger partial charge in [-0.2, -0.15) is 0 Å². The van der Waals surface area contributed by atoms with Crippen LogP contribution in [0.2, 0.25) is 0 Å². The van der Waals surface area contributed by atoms with Crippen molar-refractivity contribution in [2.24, 2.45) is 0 Å². The van der Waals surface area contributed by atoms with E-state index in [1.165, 1.54) is 7.11 Å². The van der Waals surface area contributed by atoms with Gasteiger partial charge in [0.05, 0.1) is 12.7 Å². The third-order valence-electron chi connectivity index (χ3n) is 4.66. The molecule has 1 aromatic carbocycles. The van der Waals surface area contributed by atoms with E-state index in [4.69, 9.17) is 4.74 Å². The first-order valence-electron chi connectivity index (χ1n) is 8.74. The molecule has 142 valence electrons. The number of hydrogen-bond donors (Lipinski definition) is 2. The van der Waals surface area contributed by atoms with Crippen LogP contribution in [-0.2, 0) is 0 Å². The van der Waals surface area contributed by atoms with Gasteiger partial charge in [0.25, 0.3) is 5.91 Å². The fourth-order valence-corrected chi connectivity index (χ4v) is 3.19. The fraction of sp³-hybridized carbons (Fsp3) is 0.474. The number of methoxy groups -OCH3 is 1. The molecular weight excluding hydrogens is 332 g/mol. The topological polar surface area (TPSA) is 73.9 Å². The van der Waals surface area contributed by atoms with Gasteiger partial charge in [0, 0.05) is 44.5 Å². The molecule has 0 aromatic heterocycles. The van der Waals surface area contributed by atoms with E-state index in [2.05, 4.69) is 29.0 Å². The van der Waals surface area contributed by atoms with Crippen molar-refractivity contribution in [1.82, 2.24) is 15.1 Å². The van der Waals surface area contributed by atoms with Crippen LogP contribution in [0.4, 0.5) is 10.5 Å². The molecule has 0 bridgehead atoms. The highest BCUT2D eigenvalue weighted by molar-refractivity contribution is 5.99. The summed E-state index contributed by atoms with van der Waals surface area (Å²) in [6, 6.07) is 5.20. The average molecular weight is 360 g/mol. The maximum Gasteiger partial charge on any atom is 0.322 e. The summed E-state index contributed by atoms with van der Waals surface area (Å²) >= 11 is 0. The van der Waals surface area contributed by atoms with Gasteiger partial charge in [-0.15, -0.1) is 6.58 Å². The summed E-state index contributed by atoms with van der Waals surface area (Å²) in [6.45, 7) is 10.2. The number of benzene rings is 1. The van der Waals surface area contributed by atoms with E-state index in [0.717, 1.165) is 13.1 Å². The summed E-state index contributed by atoms with van der Waals surface area (Å²) in [5, 5.41) is 5.47. The highest BCUT2D eigenvalue weighted by atomic mass is 16.5. The van der Waals surface area contributed by atoms with Crippen molar-refractivity contribution < 1.29 is 14.3 Å². The first-order valence-corrected chi connectivity index (χ1v) is 8.74. The molecule has 0 saturated carbocycles. The van der Waals surface area contributed by atoms with Gasteiger partial charge < -0.3 is 20.3 Å². The second kappa shape index (κ2) is 8.71. The van der Waals surface area contributed by atoms with Crippen LogP contribution in [0.5, 0.6) is 5.75 Å². The molecule has 0 unspecified atom stereocenters. The summed E-state index contributed by atoms with van der Waals surface area (Å²) in [7, 11) is 3.06. The third kappa shape index (κ3) is 4.35. The Labute approximate surface area is 155 Å². The lowest BCUT2D eigenvalue weighted by Gasteiger charge is -2.43. The molecule has 2 rings (SSSR count). The smallest absolute Gasteiger partial charge is 0.322 e. The lowest BCUT2D eigenvalue weighted by molar-refractivity contribution is 0.0765. The Kier molecular flexibility index (Phi) is 6.63. The number of amides is 3. The van der Waals surface area contributed by atoms with Crippen molar-refractivity contribution in [2.45, 2.75) is 25.9 Å². The number of urea groups is 1. The molecule has 1 heterocycles. The molecule has 1 fully saturated rings. The van der Waals surface area contributed by atoms with Crippen molar-refractivity contribution in [3.8, 4) is 5.75 Å². The summed E-state index contributed by atoms with van der Waals surface area (Å²) in [5.41, 5.74) is 0.938. The number of anilines is 1. The lowest BCUT2D eigenvalue weighted by Crippen LogP contribution is -2.58. The van der Waals surface area contributed by atoms with Crippen molar-refractivity contribution in [3.05, 3.63) is 36.4 Å². The Hall–Kier alpha value is -2.54. The molecular formula is C19H28N4O3. The fourth-order valence-electron chi connectivity index (χ4n) is 3.19. The quantitative estimate of drug-likeness (QED) is 0.789. The molecule has 0 aliphatic carbocycles. The van der Waals surface area contributed by atoms with E-state index >= 15 is 0 Å². The third-order valence-corrected chi connectivity index (χ3v) is 4.66. The van der Waals surface area contributed by atoms with E-state index in [1.54, 1.807) is 25.2 Å². The Balaban J connectivity index is 2.12. The predicted molar refractivity (Wildman–Crippen MR) is 103 cm³/mol. The normalized spacial score (nSPS) is 20.4. The van der Waals surface area contributed by atoms with Gasteiger partial charge in [-0.25, -0.2) is 4.79 Å². The second-order valence-electron chi connectivity index (χ2n) is 6.52. The first-order chi connectivity index (χ1) is 12.4. The number of hydrogen-bond acceptors (Lipinski definition) is 4. The maximum absolute atomic E-state index is 12.7. The number of nitrogens with one attached hydrogen (secondary N) is 2. The van der Waals surface area contributed by atoms with Crippen molar-refractivity contribution in [2.75, 3.05) is 39.1 Å². The highest BCUT2D eigenvalue weighted by Crippen LogP contribution is 2.23. The van der Waals surface area contributed by atoms with E-state index in [-0.39, 0.29) is 24.0 Å². The molecule has 3 amide bonds. The number of carbonyl (C=O) groups excluding carboxylic acids is 2. The van der Waals surface area contributed by atoms with E-state index in [0.29, 0.717) is 23.5 Å². The zero-order valence-corrected chi connectivity index (χ0v) is 15.9. The molecule has 26 heavy (non-hydrogen) atoms. The minimum absolute atomic E-state index is 0.0859. The standard InChI is InChI=1S/C19H28N4O3/c1-6-9-22-11-14(3)23(12-13(22)2)19(25)21-15-7-8-17(26-5)16(10-15)18(24)20-4/h6-8,10,13-14H,1,9,11-12H2,2-5H3,(H,20,24)(H,21,25)/t13-,14-/m1/s1. The van der Waals surface area contributed by atoms with Gasteiger partial charge in [0.2, 0.25) is 0 Å². The number of rotatable bonds is 5. The van der Waals surface area contributed by atoms with Gasteiger partial charge in [0.1, 0.15) is 5.75 Å². The predicted octanol–water partition coefficient (Wildman–Crippen LogP) is 2.17. The van der Waals surface area contributed by atoms with Gasteiger partial charge >= 0.3 is 6.03 Å². The molecule has 7 heteroatoms. The van der Waals surface area contributed by atoms with Crippen LogP contribution in [-0.4, -0.2) is 67.6 Å². The highest BCUT2D eigenvalue weighted by Gasteiger charge is 2.31. The van der Waals surface area contributed by atoms with Crippen LogP contribution in [0.1, 0.15) is 24.2 Å². The summed E-state index contributed by atoms with van der Waals surface area (Å²) in [6.07, 6.45) is 1.89. The second-order valence-corrected chi connectivity index (χ2v) is 6.52. The molecule has 1 saturated heterocycles. The maximum atomic E-state index is 12.7. The van der Waals surface area contributed by atoms with Crippen LogP contribution >= 0.6 is 0 Å². The van der Waals surface area contributed by atoms with Crippen LogP contribution in [0.15, 0.2) is 30.9 Å². The van der Waals surface area contributed by atoms with Crippen LogP contribution in [0, 0.1) is 0 Å². The molecule has 1 aromatic rings. The van der Waals surface area contributed by atoms with Gasteiger partial charge in [0.15, 0.2) is 0 Å². The minimum Gasteiger partial charge on any atom is -0.496 e. The van der Waals surface area contributed by atoms with E-state index in [1.807, 2.05) is 17.9 Å². The van der Waals surface area contributed by atoms with Crippen LogP contribution in [0.25, 0.3) is 0 Å². The minimum atomic E-state index is -0.266. The number of carbonyl (C=O) groups is 2. The molecule has 7 nitrogen and oxygen atoms in total. The van der Waals surface area contributed by atoms with Crippen molar-refractivity contribution in [1.29, 1.82) is 0 Å². The number of piperazine rings is 1. The molecule has 0 spiro atoms. The van der Waals surface area contributed by atoms with Crippen LogP contribution < -0.4 is 15.4 Å². The van der Waals surface area contributed by atoms with Gasteiger partial charge in [-0.3, -0.25) is 9.69 Å². The zero-order valence-electron chi connectivity index (χ0n) is 15.9. The van der Waals surface area contributed by atoms with E-state index in [9.17, 15) is 9.59 Å². The SMILES string of the molecule is C=CCN1C[C@@H](C)N(C(=O)Nc2ccc(OC)c(C(=O)NC)c2)C[C@H]1C. The number of nitrogens with zero attached hydrogens (tertiary/aromatic N) is 2. The molecule has 2 N–H and O–H groups in total. The van der Waals surface area contributed by atoms with Crippen LogP contribution in [0.3, 0.4) is 0 Å². The lowest BCUT2D eigenvalue weighted by atomic mass is 10.1. The van der Waals surface area contributed by atoms with Crippen molar-refractivity contribution >= 4 is 17.6 Å². The van der Waals surface area contributed by atoms with E-state index < -0.39 is 0 Å². The Morgan fingerprint density at radius 2 is 2.04 bits per heavy atom. The molecule has 1 aliphatic heterocycles. The largest absolute Gasteiger partial charge is 0.496 e. The van der Waals surface area contributed by atoms with Gasteiger partial charge in [-0.1, -0.05) is 6.08 Å². The summed E-state index contributed by atoms with van der Waals surface area (Å²) in [4.78, 5) is 28.9. The Morgan fingerprint density at radius 3 is 2.65 bits per heavy atom. The monoisotopic (exact) mass is 360 g/mol.